The summed E-state index contributed by atoms with van der Waals surface area (Å²) in [5, 5.41) is 8.68. The highest BCUT2D eigenvalue weighted by atomic mass is 16.3. The van der Waals surface area contributed by atoms with Crippen LogP contribution in [-0.2, 0) is 11.2 Å². The molecule has 0 spiro atoms. The minimum atomic E-state index is -0.337. The number of carbonyl (C=O) groups is 1. The third kappa shape index (κ3) is 4.70. The Morgan fingerprint density at radius 3 is 2.64 bits per heavy atom. The lowest BCUT2D eigenvalue weighted by Gasteiger charge is -1.99. The Labute approximate surface area is 146 Å². The van der Waals surface area contributed by atoms with Gasteiger partial charge in [-0.2, -0.15) is 0 Å². The Morgan fingerprint density at radius 1 is 1.04 bits per heavy atom. The number of aliphatic hydroxyl groups is 1. The fourth-order valence-electron chi connectivity index (χ4n) is 2.86. The normalized spacial score (nSPS) is 11.1. The first-order valence-electron chi connectivity index (χ1n) is 8.63. The van der Waals surface area contributed by atoms with Crippen molar-refractivity contribution in [3.8, 4) is 11.1 Å². The first kappa shape index (κ1) is 17.2. The number of hydrogen-bond acceptors (Lipinski definition) is 5. The van der Waals surface area contributed by atoms with Gasteiger partial charge in [0.25, 0.3) is 0 Å². The second kappa shape index (κ2) is 8.48. The monoisotopic (exact) mass is 338 g/mol. The molecule has 3 rings (SSSR count). The summed E-state index contributed by atoms with van der Waals surface area (Å²) in [7, 11) is 0. The molecule has 0 saturated carbocycles. The van der Waals surface area contributed by atoms with Crippen molar-refractivity contribution in [2.75, 3.05) is 6.61 Å². The molecule has 0 atom stereocenters. The summed E-state index contributed by atoms with van der Waals surface area (Å²) in [6.45, 7) is -0.337. The number of aryl methyl sites for hydroxylation is 1. The third-order valence-corrected chi connectivity index (χ3v) is 4.22. The quantitative estimate of drug-likeness (QED) is 0.585. The number of Topliss-reactive ketones (excluding diaryl/α,β-unsaturated/α-hetero) is 1. The fraction of sp³-hybridized carbons (Fsp3) is 0.368. The molecule has 0 aliphatic rings. The molecule has 25 heavy (non-hydrogen) atoms. The first-order chi connectivity index (χ1) is 12.3. The maximum Gasteiger partial charge on any atom is 0.158 e. The van der Waals surface area contributed by atoms with Crippen LogP contribution >= 0.6 is 0 Å². The van der Waals surface area contributed by atoms with E-state index >= 15 is 0 Å². The third-order valence-electron chi connectivity index (χ3n) is 4.22. The van der Waals surface area contributed by atoms with E-state index in [1.165, 1.54) is 6.33 Å². The Bertz CT molecular complexity index is 830. The molecule has 1 aromatic carbocycles. The van der Waals surface area contributed by atoms with Gasteiger partial charge in [-0.05, 0) is 30.5 Å². The summed E-state index contributed by atoms with van der Waals surface area (Å²) in [5.74, 6) is 0.916. The second-order valence-electron chi connectivity index (χ2n) is 6.15. The Hall–Kier alpha value is -2.60. The molecular formula is C19H22N4O2. The lowest BCUT2D eigenvalue weighted by molar-refractivity contribution is -0.121. The molecule has 0 aliphatic heterocycles. The number of carbonyl (C=O) groups excluding carboxylic acids is 1. The molecule has 130 valence electrons. The minimum Gasteiger partial charge on any atom is -0.389 e. The molecule has 0 saturated heterocycles. The van der Waals surface area contributed by atoms with Gasteiger partial charge in [-0.15, -0.1) is 0 Å². The van der Waals surface area contributed by atoms with Crippen molar-refractivity contribution in [2.45, 2.75) is 38.5 Å². The number of aromatic amines is 1. The van der Waals surface area contributed by atoms with Gasteiger partial charge in [-0.1, -0.05) is 18.9 Å². The summed E-state index contributed by atoms with van der Waals surface area (Å²) in [5.41, 5.74) is 4.03. The maximum atomic E-state index is 11.0. The lowest BCUT2D eigenvalue weighted by Crippen LogP contribution is -2.02. The zero-order valence-corrected chi connectivity index (χ0v) is 14.1. The standard InChI is InChI=1S/C19H22N4O2/c24-12-16(25)5-3-1-2-4-6-19-22-17-8-7-14(9-18(17)23-19)15-10-20-13-21-11-15/h7-11,13,24H,1-6,12H2,(H,22,23). The number of hydrogen-bond donors (Lipinski definition) is 2. The van der Waals surface area contributed by atoms with Crippen molar-refractivity contribution in [3.63, 3.8) is 0 Å². The highest BCUT2D eigenvalue weighted by molar-refractivity contribution is 5.81. The summed E-state index contributed by atoms with van der Waals surface area (Å²) in [4.78, 5) is 27.2. The molecule has 6 nitrogen and oxygen atoms in total. The number of benzene rings is 1. The summed E-state index contributed by atoms with van der Waals surface area (Å²) in [6, 6.07) is 6.12. The molecule has 0 fully saturated rings. The van der Waals surface area contributed by atoms with E-state index < -0.39 is 0 Å². The molecule has 0 bridgehead atoms. The van der Waals surface area contributed by atoms with Crippen LogP contribution in [-0.4, -0.2) is 37.4 Å². The molecule has 2 heterocycles. The van der Waals surface area contributed by atoms with E-state index in [1.807, 2.05) is 12.1 Å². The summed E-state index contributed by atoms with van der Waals surface area (Å²) in [6.07, 6.45) is 10.4. The van der Waals surface area contributed by atoms with Crippen molar-refractivity contribution >= 4 is 16.8 Å². The number of nitrogens with one attached hydrogen (secondary N) is 1. The van der Waals surface area contributed by atoms with Crippen molar-refractivity contribution in [2.24, 2.45) is 0 Å². The number of aliphatic hydroxyl groups excluding tert-OH is 1. The lowest BCUT2D eigenvalue weighted by atomic mass is 10.1. The number of rotatable bonds is 9. The average molecular weight is 338 g/mol. The second-order valence-corrected chi connectivity index (χ2v) is 6.15. The van der Waals surface area contributed by atoms with E-state index in [-0.39, 0.29) is 12.4 Å². The van der Waals surface area contributed by atoms with Crippen LogP contribution in [0.5, 0.6) is 0 Å². The van der Waals surface area contributed by atoms with Crippen molar-refractivity contribution in [3.05, 3.63) is 42.7 Å². The number of nitrogens with zero attached hydrogens (tertiary/aromatic N) is 3. The van der Waals surface area contributed by atoms with Crippen molar-refractivity contribution < 1.29 is 9.90 Å². The van der Waals surface area contributed by atoms with Crippen LogP contribution in [0.15, 0.2) is 36.9 Å². The van der Waals surface area contributed by atoms with Crippen LogP contribution in [0, 0.1) is 0 Å². The van der Waals surface area contributed by atoms with Gasteiger partial charge in [-0.3, -0.25) is 4.79 Å². The van der Waals surface area contributed by atoms with Crippen molar-refractivity contribution in [1.29, 1.82) is 0 Å². The summed E-state index contributed by atoms with van der Waals surface area (Å²) >= 11 is 0. The van der Waals surface area contributed by atoms with Crippen LogP contribution in [0.25, 0.3) is 22.2 Å². The molecule has 0 radical (unpaired) electrons. The summed E-state index contributed by atoms with van der Waals surface area (Å²) < 4.78 is 0. The van der Waals surface area contributed by atoms with Gasteiger partial charge in [0.15, 0.2) is 5.78 Å². The van der Waals surface area contributed by atoms with Gasteiger partial charge < -0.3 is 10.1 Å². The molecular weight excluding hydrogens is 316 g/mol. The Morgan fingerprint density at radius 2 is 1.84 bits per heavy atom. The van der Waals surface area contributed by atoms with Crippen LogP contribution in [0.1, 0.15) is 37.9 Å². The molecule has 0 aliphatic carbocycles. The van der Waals surface area contributed by atoms with Gasteiger partial charge in [0.1, 0.15) is 18.8 Å². The Balaban J connectivity index is 1.54. The molecule has 0 unspecified atom stereocenters. The SMILES string of the molecule is O=C(CO)CCCCCCc1nc2ccc(-c3cncnc3)cc2[nH]1. The molecule has 2 N–H and O–H groups in total. The smallest absolute Gasteiger partial charge is 0.158 e. The van der Waals surface area contributed by atoms with Crippen LogP contribution in [0.2, 0.25) is 0 Å². The van der Waals surface area contributed by atoms with E-state index in [2.05, 4.69) is 26.0 Å². The van der Waals surface area contributed by atoms with Gasteiger partial charge in [0, 0.05) is 30.8 Å². The van der Waals surface area contributed by atoms with E-state index in [4.69, 9.17) is 5.11 Å². The fourth-order valence-corrected chi connectivity index (χ4v) is 2.86. The van der Waals surface area contributed by atoms with Crippen LogP contribution < -0.4 is 0 Å². The minimum absolute atomic E-state index is 0.0723. The largest absolute Gasteiger partial charge is 0.389 e. The van der Waals surface area contributed by atoms with E-state index in [9.17, 15) is 4.79 Å². The van der Waals surface area contributed by atoms with Crippen LogP contribution in [0.3, 0.4) is 0 Å². The van der Waals surface area contributed by atoms with E-state index in [0.29, 0.717) is 6.42 Å². The van der Waals surface area contributed by atoms with Gasteiger partial charge in [-0.25, -0.2) is 15.0 Å². The van der Waals surface area contributed by atoms with Gasteiger partial charge >= 0.3 is 0 Å². The number of fused-ring (bicyclic) bond motifs is 1. The highest BCUT2D eigenvalue weighted by Gasteiger charge is 2.06. The van der Waals surface area contributed by atoms with Gasteiger partial charge in [0.2, 0.25) is 0 Å². The van der Waals surface area contributed by atoms with Crippen LogP contribution in [0.4, 0.5) is 0 Å². The number of unbranched alkanes of at least 4 members (excludes halogenated alkanes) is 3. The zero-order chi connectivity index (χ0) is 17.5. The molecule has 2 aromatic heterocycles. The topological polar surface area (TPSA) is 91.8 Å². The number of aromatic nitrogens is 4. The van der Waals surface area contributed by atoms with Gasteiger partial charge in [0.05, 0.1) is 11.0 Å². The zero-order valence-electron chi connectivity index (χ0n) is 14.1. The highest BCUT2D eigenvalue weighted by Crippen LogP contribution is 2.22. The number of imidazole rings is 1. The van der Waals surface area contributed by atoms with E-state index in [1.54, 1.807) is 12.4 Å². The predicted molar refractivity (Wildman–Crippen MR) is 96.0 cm³/mol. The van der Waals surface area contributed by atoms with Crippen molar-refractivity contribution in [1.82, 2.24) is 19.9 Å². The number of H-pyrrole nitrogens is 1. The molecule has 0 amide bonds. The van der Waals surface area contributed by atoms with E-state index in [0.717, 1.165) is 60.1 Å². The Kier molecular flexibility index (Phi) is 5.85. The maximum absolute atomic E-state index is 11.0. The number of ketones is 1. The average Bonchev–Trinajstić information content (AvgIpc) is 3.06. The molecule has 3 aromatic rings. The predicted octanol–water partition coefficient (Wildman–Crippen LogP) is 3.07. The first-order valence-corrected chi connectivity index (χ1v) is 8.63. The molecule has 6 heteroatoms.